The molecule has 4 rings (SSSR count). The van der Waals surface area contributed by atoms with Crippen LogP contribution in [0.1, 0.15) is 43.1 Å². The molecule has 6 heteroatoms. The van der Waals surface area contributed by atoms with E-state index < -0.39 is 0 Å². The monoisotopic (exact) mass is 459 g/mol. The molecule has 2 N–H and O–H groups in total. The summed E-state index contributed by atoms with van der Waals surface area (Å²) in [6.07, 6.45) is 5.07. The number of nitrogens with one attached hydrogen (secondary N) is 1. The fraction of sp³-hybridized carbons (Fsp3) is 0.435. The van der Waals surface area contributed by atoms with Crippen LogP contribution in [0.2, 0.25) is 0 Å². The lowest BCUT2D eigenvalue weighted by molar-refractivity contribution is 0.140. The first-order valence-electron chi connectivity index (χ1n) is 10.1. The Bertz CT molecular complexity index is 997. The number of hydrogen-bond acceptors (Lipinski definition) is 5. The lowest BCUT2D eigenvalue weighted by Gasteiger charge is -2.37. The third-order valence-electron chi connectivity index (χ3n) is 6.02. The van der Waals surface area contributed by atoms with Gasteiger partial charge in [0.2, 0.25) is 0 Å². The highest BCUT2D eigenvalue weighted by Crippen LogP contribution is 2.40. The molecule has 1 unspecified atom stereocenters. The van der Waals surface area contributed by atoms with E-state index in [1.54, 1.807) is 13.0 Å². The average molecular weight is 460 g/mol. The fourth-order valence-electron chi connectivity index (χ4n) is 4.29. The standard InChI is InChI=1S/C23H26BrNO4/c1-13(11-25-12-15-3-6-20(26)19(24)8-15)16-4-5-17-9-18-22(29-21(17)10-16)7-14(2)28-23(18)27/h3,6-9,13,16,21,25-26H,4-5,10-12H2,1-2H3/t13?,16-,21-/m0/s1. The van der Waals surface area contributed by atoms with E-state index >= 15 is 0 Å². The van der Waals surface area contributed by atoms with Crippen molar-refractivity contribution in [3.05, 3.63) is 61.6 Å². The van der Waals surface area contributed by atoms with E-state index in [-0.39, 0.29) is 17.5 Å². The molecule has 1 saturated carbocycles. The molecule has 154 valence electrons. The van der Waals surface area contributed by atoms with Crippen molar-refractivity contribution >= 4 is 22.0 Å². The molecule has 2 aliphatic rings. The number of phenols is 1. The maximum absolute atomic E-state index is 12.1. The minimum absolute atomic E-state index is 0.0537. The lowest BCUT2D eigenvalue weighted by atomic mass is 9.76. The van der Waals surface area contributed by atoms with Crippen LogP contribution in [0, 0.1) is 18.8 Å². The van der Waals surface area contributed by atoms with Crippen LogP contribution < -0.4 is 15.7 Å². The number of rotatable bonds is 5. The molecule has 1 aliphatic carbocycles. The number of aryl methyl sites for hydroxylation is 1. The Morgan fingerprint density at radius 1 is 1.34 bits per heavy atom. The van der Waals surface area contributed by atoms with E-state index in [0.717, 1.165) is 42.4 Å². The molecule has 0 saturated heterocycles. The van der Waals surface area contributed by atoms with Crippen molar-refractivity contribution in [3.8, 4) is 11.5 Å². The van der Waals surface area contributed by atoms with Gasteiger partial charge in [0.15, 0.2) is 0 Å². The Kier molecular flexibility index (Phi) is 5.83. The first kappa shape index (κ1) is 20.2. The van der Waals surface area contributed by atoms with Crippen molar-refractivity contribution in [2.24, 2.45) is 11.8 Å². The van der Waals surface area contributed by atoms with E-state index in [4.69, 9.17) is 9.15 Å². The fourth-order valence-corrected chi connectivity index (χ4v) is 4.72. The molecule has 0 radical (unpaired) electrons. The molecular formula is C23H26BrNO4. The summed E-state index contributed by atoms with van der Waals surface area (Å²) in [4.78, 5) is 12.1. The smallest absolute Gasteiger partial charge is 0.346 e. The number of ether oxygens (including phenoxy) is 1. The van der Waals surface area contributed by atoms with Gasteiger partial charge >= 0.3 is 5.63 Å². The average Bonchev–Trinajstić information content (AvgIpc) is 2.69. The topological polar surface area (TPSA) is 71.7 Å². The summed E-state index contributed by atoms with van der Waals surface area (Å²) in [6, 6.07) is 7.40. The quantitative estimate of drug-likeness (QED) is 0.672. The molecule has 2 heterocycles. The molecule has 1 aromatic heterocycles. The van der Waals surface area contributed by atoms with E-state index in [1.165, 1.54) is 5.57 Å². The minimum atomic E-state index is -0.313. The van der Waals surface area contributed by atoms with Gasteiger partial charge in [-0.3, -0.25) is 0 Å². The summed E-state index contributed by atoms with van der Waals surface area (Å²) in [7, 11) is 0. The molecule has 1 fully saturated rings. The minimum Gasteiger partial charge on any atom is -0.507 e. The zero-order chi connectivity index (χ0) is 20.5. The number of hydrogen-bond donors (Lipinski definition) is 2. The zero-order valence-corrected chi connectivity index (χ0v) is 18.3. The van der Waals surface area contributed by atoms with Gasteiger partial charge in [0.25, 0.3) is 0 Å². The molecule has 1 aromatic carbocycles. The van der Waals surface area contributed by atoms with Crippen molar-refractivity contribution in [2.45, 2.75) is 45.8 Å². The molecule has 5 nitrogen and oxygen atoms in total. The van der Waals surface area contributed by atoms with Gasteiger partial charge < -0.3 is 19.6 Å². The Morgan fingerprint density at radius 2 is 2.17 bits per heavy atom. The summed E-state index contributed by atoms with van der Waals surface area (Å²) in [5.41, 5.74) is 2.58. The molecule has 1 aliphatic heterocycles. The van der Waals surface area contributed by atoms with Gasteiger partial charge in [0.1, 0.15) is 28.9 Å². The van der Waals surface area contributed by atoms with Crippen LogP contribution >= 0.6 is 15.9 Å². The van der Waals surface area contributed by atoms with Crippen LogP contribution in [0.15, 0.2) is 43.5 Å². The molecule has 29 heavy (non-hydrogen) atoms. The summed E-state index contributed by atoms with van der Waals surface area (Å²) in [6.45, 7) is 5.75. The lowest BCUT2D eigenvalue weighted by Crippen LogP contribution is -2.36. The predicted octanol–water partition coefficient (Wildman–Crippen LogP) is 4.79. The van der Waals surface area contributed by atoms with Crippen molar-refractivity contribution in [2.75, 3.05) is 6.54 Å². The van der Waals surface area contributed by atoms with Crippen LogP contribution in [-0.2, 0) is 6.54 Å². The summed E-state index contributed by atoms with van der Waals surface area (Å²) in [5, 5.41) is 13.1. The zero-order valence-electron chi connectivity index (χ0n) is 16.7. The van der Waals surface area contributed by atoms with Gasteiger partial charge in [-0.05, 0) is 89.8 Å². The Balaban J connectivity index is 1.35. The molecule has 0 bridgehead atoms. The van der Waals surface area contributed by atoms with Gasteiger partial charge in [0, 0.05) is 12.6 Å². The largest absolute Gasteiger partial charge is 0.507 e. The maximum Gasteiger partial charge on any atom is 0.346 e. The first-order chi connectivity index (χ1) is 13.9. The van der Waals surface area contributed by atoms with Gasteiger partial charge in [-0.1, -0.05) is 13.0 Å². The number of phenolic OH excluding ortho intramolecular Hbond substituents is 1. The number of halogens is 1. The number of aromatic hydroxyl groups is 1. The highest BCUT2D eigenvalue weighted by Gasteiger charge is 2.33. The van der Waals surface area contributed by atoms with Crippen LogP contribution in [0.5, 0.6) is 11.5 Å². The highest BCUT2D eigenvalue weighted by atomic mass is 79.9. The molecular weight excluding hydrogens is 434 g/mol. The van der Waals surface area contributed by atoms with E-state index in [1.807, 2.05) is 24.3 Å². The SMILES string of the molecule is Cc1cc2c(c(=O)o1)C=C1CC[C@H](C(C)CNCc3ccc(O)c(Br)c3)C[C@@H]1O2. The van der Waals surface area contributed by atoms with Crippen molar-refractivity contribution in [1.82, 2.24) is 5.32 Å². The van der Waals surface area contributed by atoms with Gasteiger partial charge in [-0.2, -0.15) is 0 Å². The van der Waals surface area contributed by atoms with Crippen LogP contribution in [0.3, 0.4) is 0 Å². The van der Waals surface area contributed by atoms with Crippen LogP contribution in [0.25, 0.3) is 6.08 Å². The second-order valence-corrected chi connectivity index (χ2v) is 9.03. The Hall–Kier alpha value is -2.05. The molecule has 0 amide bonds. The van der Waals surface area contributed by atoms with Crippen LogP contribution in [0.4, 0.5) is 0 Å². The third kappa shape index (κ3) is 4.43. The van der Waals surface area contributed by atoms with Crippen molar-refractivity contribution < 1.29 is 14.3 Å². The Labute approximate surface area is 178 Å². The highest BCUT2D eigenvalue weighted by molar-refractivity contribution is 9.10. The van der Waals surface area contributed by atoms with E-state index in [2.05, 4.69) is 28.2 Å². The summed E-state index contributed by atoms with van der Waals surface area (Å²) >= 11 is 3.36. The van der Waals surface area contributed by atoms with Gasteiger partial charge in [-0.15, -0.1) is 0 Å². The van der Waals surface area contributed by atoms with E-state index in [0.29, 0.717) is 28.9 Å². The summed E-state index contributed by atoms with van der Waals surface area (Å²) < 4.78 is 12.1. The summed E-state index contributed by atoms with van der Waals surface area (Å²) in [5.74, 6) is 2.58. The van der Waals surface area contributed by atoms with Gasteiger partial charge in [-0.25, -0.2) is 4.79 Å². The maximum atomic E-state index is 12.1. The number of benzene rings is 1. The van der Waals surface area contributed by atoms with Gasteiger partial charge in [0.05, 0.1) is 4.47 Å². The predicted molar refractivity (Wildman–Crippen MR) is 116 cm³/mol. The van der Waals surface area contributed by atoms with Crippen molar-refractivity contribution in [3.63, 3.8) is 0 Å². The van der Waals surface area contributed by atoms with Crippen LogP contribution in [-0.4, -0.2) is 17.8 Å². The second-order valence-electron chi connectivity index (χ2n) is 8.18. The normalized spacial score (nSPS) is 21.6. The molecule has 2 aromatic rings. The number of fused-ring (bicyclic) bond motifs is 2. The first-order valence-corrected chi connectivity index (χ1v) is 10.9. The molecule has 3 atom stereocenters. The third-order valence-corrected chi connectivity index (χ3v) is 6.65. The second kappa shape index (κ2) is 8.36. The van der Waals surface area contributed by atoms with Crippen molar-refractivity contribution in [1.29, 1.82) is 0 Å². The van der Waals surface area contributed by atoms with E-state index in [9.17, 15) is 9.90 Å². The molecule has 0 spiro atoms. The Morgan fingerprint density at radius 3 is 2.97 bits per heavy atom.